The summed E-state index contributed by atoms with van der Waals surface area (Å²) in [6, 6.07) is 3.14. The average Bonchev–Trinajstić information content (AvgIpc) is 2.12. The van der Waals surface area contributed by atoms with Gasteiger partial charge in [0.25, 0.3) is 0 Å². The highest BCUT2D eigenvalue weighted by atomic mass is 79.9. The van der Waals surface area contributed by atoms with Crippen LogP contribution in [0.3, 0.4) is 0 Å². The summed E-state index contributed by atoms with van der Waals surface area (Å²) in [7, 11) is 0. The van der Waals surface area contributed by atoms with Crippen molar-refractivity contribution in [1.82, 2.24) is 4.98 Å². The van der Waals surface area contributed by atoms with E-state index in [-0.39, 0.29) is 5.82 Å². The molecule has 0 N–H and O–H groups in total. The largest absolute Gasteiger partial charge is 0.253 e. The van der Waals surface area contributed by atoms with Crippen molar-refractivity contribution in [3.63, 3.8) is 0 Å². The fraction of sp³-hybridized carbons (Fsp3) is 0.100. The zero-order chi connectivity index (χ0) is 10.3. The van der Waals surface area contributed by atoms with Crippen LogP contribution < -0.4 is 0 Å². The maximum absolute atomic E-state index is 13.4. The standard InChI is InChI=1S/C10H6BrClFN/c1-5-4-14-10-7(9(5)12)2-6(11)3-8(10)13/h2-4H,1H3. The molecule has 0 aliphatic carbocycles. The highest BCUT2D eigenvalue weighted by molar-refractivity contribution is 9.10. The normalized spacial score (nSPS) is 10.9. The van der Waals surface area contributed by atoms with E-state index in [1.807, 2.05) is 6.92 Å². The molecule has 0 radical (unpaired) electrons. The minimum Gasteiger partial charge on any atom is -0.253 e. The summed E-state index contributed by atoms with van der Waals surface area (Å²) in [5, 5.41) is 1.19. The first kappa shape index (κ1) is 9.87. The smallest absolute Gasteiger partial charge is 0.150 e. The SMILES string of the molecule is Cc1cnc2c(F)cc(Br)cc2c1Cl. The van der Waals surface area contributed by atoms with E-state index in [0.717, 1.165) is 5.56 Å². The molecule has 14 heavy (non-hydrogen) atoms. The zero-order valence-electron chi connectivity index (χ0n) is 7.31. The summed E-state index contributed by atoms with van der Waals surface area (Å²) >= 11 is 9.26. The van der Waals surface area contributed by atoms with Gasteiger partial charge in [0.2, 0.25) is 0 Å². The molecule has 0 amide bonds. The number of hydrogen-bond donors (Lipinski definition) is 0. The molecule has 2 rings (SSSR count). The molecule has 0 saturated heterocycles. The Balaban J connectivity index is 2.95. The van der Waals surface area contributed by atoms with Crippen LogP contribution in [0, 0.1) is 12.7 Å². The van der Waals surface area contributed by atoms with E-state index >= 15 is 0 Å². The summed E-state index contributed by atoms with van der Waals surface area (Å²) in [4.78, 5) is 4.00. The molecular weight excluding hydrogens is 268 g/mol. The predicted octanol–water partition coefficient (Wildman–Crippen LogP) is 4.10. The second kappa shape index (κ2) is 3.48. The zero-order valence-corrected chi connectivity index (χ0v) is 9.66. The molecule has 1 nitrogen and oxygen atoms in total. The summed E-state index contributed by atoms with van der Waals surface area (Å²) < 4.78 is 14.1. The quantitative estimate of drug-likeness (QED) is 0.705. The van der Waals surface area contributed by atoms with Gasteiger partial charge in [-0.2, -0.15) is 0 Å². The molecule has 1 heterocycles. The second-order valence-corrected chi connectivity index (χ2v) is 4.33. The van der Waals surface area contributed by atoms with Crippen molar-refractivity contribution < 1.29 is 4.39 Å². The van der Waals surface area contributed by atoms with Crippen LogP contribution in [0.25, 0.3) is 10.9 Å². The van der Waals surface area contributed by atoms with Gasteiger partial charge in [-0.25, -0.2) is 4.39 Å². The van der Waals surface area contributed by atoms with Crippen molar-refractivity contribution >= 4 is 38.4 Å². The molecule has 1 aromatic heterocycles. The van der Waals surface area contributed by atoms with Crippen LogP contribution in [0.1, 0.15) is 5.56 Å². The number of aromatic nitrogens is 1. The number of rotatable bonds is 0. The van der Waals surface area contributed by atoms with Crippen molar-refractivity contribution in [2.45, 2.75) is 6.92 Å². The van der Waals surface area contributed by atoms with Gasteiger partial charge in [0.15, 0.2) is 5.82 Å². The predicted molar refractivity (Wildman–Crippen MR) is 59.1 cm³/mol. The van der Waals surface area contributed by atoms with E-state index in [2.05, 4.69) is 20.9 Å². The number of nitrogens with zero attached hydrogens (tertiary/aromatic N) is 1. The Hall–Kier alpha value is -0.670. The molecule has 0 saturated carbocycles. The molecule has 0 atom stereocenters. The monoisotopic (exact) mass is 273 g/mol. The molecule has 0 aliphatic heterocycles. The number of pyridine rings is 1. The fourth-order valence-corrected chi connectivity index (χ4v) is 1.92. The summed E-state index contributed by atoms with van der Waals surface area (Å²) in [5.74, 6) is -0.365. The van der Waals surface area contributed by atoms with Crippen molar-refractivity contribution in [2.24, 2.45) is 0 Å². The molecule has 1 aromatic carbocycles. The molecular formula is C10H6BrClFN. The Morgan fingerprint density at radius 2 is 2.14 bits per heavy atom. The van der Waals surface area contributed by atoms with Gasteiger partial charge in [-0.3, -0.25) is 4.98 Å². The minimum atomic E-state index is -0.365. The summed E-state index contributed by atoms with van der Waals surface area (Å²) in [6.07, 6.45) is 1.57. The Morgan fingerprint density at radius 1 is 1.43 bits per heavy atom. The van der Waals surface area contributed by atoms with Gasteiger partial charge < -0.3 is 0 Å². The lowest BCUT2D eigenvalue weighted by molar-refractivity contribution is 0.636. The van der Waals surface area contributed by atoms with Crippen LogP contribution in [0.4, 0.5) is 4.39 Å². The van der Waals surface area contributed by atoms with E-state index in [0.29, 0.717) is 20.4 Å². The van der Waals surface area contributed by atoms with Crippen LogP contribution in [-0.4, -0.2) is 4.98 Å². The lowest BCUT2D eigenvalue weighted by Crippen LogP contribution is -1.88. The van der Waals surface area contributed by atoms with Gasteiger partial charge in [-0.05, 0) is 24.6 Å². The summed E-state index contributed by atoms with van der Waals surface area (Å²) in [5.41, 5.74) is 1.15. The van der Waals surface area contributed by atoms with Crippen molar-refractivity contribution in [2.75, 3.05) is 0 Å². The van der Waals surface area contributed by atoms with E-state index in [1.165, 1.54) is 6.07 Å². The van der Waals surface area contributed by atoms with Crippen molar-refractivity contribution in [3.8, 4) is 0 Å². The maximum atomic E-state index is 13.4. The van der Waals surface area contributed by atoms with Crippen LogP contribution in [0.5, 0.6) is 0 Å². The second-order valence-electron chi connectivity index (χ2n) is 3.04. The molecule has 0 aliphatic rings. The van der Waals surface area contributed by atoms with Gasteiger partial charge in [0.05, 0.1) is 5.02 Å². The van der Waals surface area contributed by atoms with Gasteiger partial charge >= 0.3 is 0 Å². The first-order valence-electron chi connectivity index (χ1n) is 3.99. The van der Waals surface area contributed by atoms with Crippen molar-refractivity contribution in [1.29, 1.82) is 0 Å². The van der Waals surface area contributed by atoms with Gasteiger partial charge in [-0.1, -0.05) is 27.5 Å². The minimum absolute atomic E-state index is 0.309. The third-order valence-electron chi connectivity index (χ3n) is 2.00. The van der Waals surface area contributed by atoms with Crippen LogP contribution in [0.15, 0.2) is 22.8 Å². The number of hydrogen-bond acceptors (Lipinski definition) is 1. The lowest BCUT2D eigenvalue weighted by Gasteiger charge is -2.04. The Kier molecular flexibility index (Phi) is 2.45. The van der Waals surface area contributed by atoms with E-state index < -0.39 is 0 Å². The highest BCUT2D eigenvalue weighted by Gasteiger charge is 2.08. The van der Waals surface area contributed by atoms with Gasteiger partial charge in [0, 0.05) is 16.1 Å². The average molecular weight is 275 g/mol. The third kappa shape index (κ3) is 1.51. The van der Waals surface area contributed by atoms with Crippen LogP contribution in [-0.2, 0) is 0 Å². The van der Waals surface area contributed by atoms with E-state index in [9.17, 15) is 4.39 Å². The van der Waals surface area contributed by atoms with Gasteiger partial charge in [-0.15, -0.1) is 0 Å². The molecule has 0 fully saturated rings. The number of aryl methyl sites for hydroxylation is 1. The molecule has 72 valence electrons. The first-order chi connectivity index (χ1) is 6.59. The Morgan fingerprint density at radius 3 is 2.86 bits per heavy atom. The fourth-order valence-electron chi connectivity index (χ4n) is 1.29. The topological polar surface area (TPSA) is 12.9 Å². The molecule has 2 aromatic rings. The van der Waals surface area contributed by atoms with Crippen LogP contribution >= 0.6 is 27.5 Å². The lowest BCUT2D eigenvalue weighted by atomic mass is 10.1. The Bertz CT molecular complexity index is 513. The maximum Gasteiger partial charge on any atom is 0.150 e. The number of benzene rings is 1. The molecule has 0 bridgehead atoms. The van der Waals surface area contributed by atoms with Gasteiger partial charge in [0.1, 0.15) is 5.52 Å². The molecule has 4 heteroatoms. The molecule has 0 spiro atoms. The molecule has 0 unspecified atom stereocenters. The van der Waals surface area contributed by atoms with E-state index in [1.54, 1.807) is 12.3 Å². The number of halogens is 3. The first-order valence-corrected chi connectivity index (χ1v) is 5.16. The van der Waals surface area contributed by atoms with Crippen LogP contribution in [0.2, 0.25) is 5.02 Å². The third-order valence-corrected chi connectivity index (χ3v) is 2.96. The summed E-state index contributed by atoms with van der Waals surface area (Å²) in [6.45, 7) is 1.84. The Labute approximate surface area is 94.0 Å². The highest BCUT2D eigenvalue weighted by Crippen LogP contribution is 2.29. The number of fused-ring (bicyclic) bond motifs is 1. The van der Waals surface area contributed by atoms with E-state index in [4.69, 9.17) is 11.6 Å². The van der Waals surface area contributed by atoms with Crippen molar-refractivity contribution in [3.05, 3.63) is 39.2 Å².